The molecule has 5 heteroatoms. The number of hydrogen-bond acceptors (Lipinski definition) is 3. The van der Waals surface area contributed by atoms with Gasteiger partial charge >= 0.3 is 0 Å². The lowest BCUT2D eigenvalue weighted by molar-refractivity contribution is -0.118. The number of anilines is 2. The Hall–Kier alpha value is -3.60. The molecule has 3 aromatic rings. The molecule has 0 atom stereocenters. The van der Waals surface area contributed by atoms with Crippen LogP contribution in [0.1, 0.15) is 6.92 Å². The Kier molecular flexibility index (Phi) is 5.84. The summed E-state index contributed by atoms with van der Waals surface area (Å²) in [5, 5.41) is 5.42. The van der Waals surface area contributed by atoms with Crippen molar-refractivity contribution >= 4 is 23.2 Å². The zero-order valence-corrected chi connectivity index (χ0v) is 14.9. The fraction of sp³-hybridized carbons (Fsp3) is 0.0909. The van der Waals surface area contributed by atoms with Gasteiger partial charge in [0.1, 0.15) is 5.75 Å². The second-order valence-corrected chi connectivity index (χ2v) is 5.99. The van der Waals surface area contributed by atoms with Gasteiger partial charge in [0.25, 0.3) is 5.91 Å². The van der Waals surface area contributed by atoms with Gasteiger partial charge in [0, 0.05) is 18.3 Å². The van der Waals surface area contributed by atoms with Gasteiger partial charge in [-0.2, -0.15) is 0 Å². The van der Waals surface area contributed by atoms with Crippen LogP contribution < -0.4 is 15.4 Å². The molecule has 0 saturated carbocycles. The Morgan fingerprint density at radius 1 is 0.778 bits per heavy atom. The minimum absolute atomic E-state index is 0.102. The van der Waals surface area contributed by atoms with Crippen LogP contribution in [0.4, 0.5) is 11.4 Å². The highest BCUT2D eigenvalue weighted by atomic mass is 16.5. The van der Waals surface area contributed by atoms with Crippen LogP contribution in [0.15, 0.2) is 78.9 Å². The highest BCUT2D eigenvalue weighted by Gasteiger charge is 2.05. The molecule has 136 valence electrons. The Bertz CT molecular complexity index is 922. The molecule has 3 rings (SSSR count). The van der Waals surface area contributed by atoms with Crippen molar-refractivity contribution in [2.75, 3.05) is 17.2 Å². The van der Waals surface area contributed by atoms with Crippen LogP contribution in [0.3, 0.4) is 0 Å². The first-order valence-corrected chi connectivity index (χ1v) is 8.56. The van der Waals surface area contributed by atoms with Gasteiger partial charge in [-0.25, -0.2) is 0 Å². The summed E-state index contributed by atoms with van der Waals surface area (Å²) in [6.45, 7) is 1.33. The predicted molar refractivity (Wildman–Crippen MR) is 107 cm³/mol. The summed E-state index contributed by atoms with van der Waals surface area (Å²) in [4.78, 5) is 23.2. The lowest BCUT2D eigenvalue weighted by Crippen LogP contribution is -2.20. The monoisotopic (exact) mass is 360 g/mol. The molecule has 0 aliphatic carbocycles. The zero-order chi connectivity index (χ0) is 19.1. The number of amides is 2. The second-order valence-electron chi connectivity index (χ2n) is 5.99. The number of nitrogens with one attached hydrogen (secondary N) is 2. The molecule has 0 unspecified atom stereocenters. The summed E-state index contributed by atoms with van der Waals surface area (Å²) >= 11 is 0. The number of carbonyl (C=O) groups is 2. The molecule has 2 N–H and O–H groups in total. The Morgan fingerprint density at radius 2 is 1.41 bits per heavy atom. The van der Waals surface area contributed by atoms with Crippen molar-refractivity contribution in [1.82, 2.24) is 0 Å². The smallest absolute Gasteiger partial charge is 0.262 e. The fourth-order valence-electron chi connectivity index (χ4n) is 2.60. The molecule has 0 fully saturated rings. The quantitative estimate of drug-likeness (QED) is 0.687. The van der Waals surface area contributed by atoms with E-state index in [0.717, 1.165) is 11.1 Å². The maximum Gasteiger partial charge on any atom is 0.262 e. The van der Waals surface area contributed by atoms with Crippen molar-refractivity contribution in [2.45, 2.75) is 6.92 Å². The molecule has 0 aromatic heterocycles. The first-order valence-electron chi connectivity index (χ1n) is 8.56. The van der Waals surface area contributed by atoms with E-state index in [0.29, 0.717) is 17.1 Å². The van der Waals surface area contributed by atoms with E-state index in [9.17, 15) is 9.59 Å². The number of benzene rings is 3. The van der Waals surface area contributed by atoms with Crippen molar-refractivity contribution in [3.05, 3.63) is 78.9 Å². The largest absolute Gasteiger partial charge is 0.484 e. The van der Waals surface area contributed by atoms with Crippen molar-refractivity contribution in [2.24, 2.45) is 0 Å². The highest BCUT2D eigenvalue weighted by molar-refractivity contribution is 5.94. The molecule has 3 aromatic carbocycles. The summed E-state index contributed by atoms with van der Waals surface area (Å²) in [6.07, 6.45) is 0. The lowest BCUT2D eigenvalue weighted by atomic mass is 10.1. The van der Waals surface area contributed by atoms with Gasteiger partial charge < -0.3 is 15.4 Å². The molecule has 2 amide bonds. The topological polar surface area (TPSA) is 67.4 Å². The van der Waals surface area contributed by atoms with E-state index in [4.69, 9.17) is 4.74 Å². The van der Waals surface area contributed by atoms with Crippen LogP contribution in [-0.4, -0.2) is 18.4 Å². The molecular formula is C22H20N2O3. The number of rotatable bonds is 6. The van der Waals surface area contributed by atoms with Crippen molar-refractivity contribution in [1.29, 1.82) is 0 Å². The van der Waals surface area contributed by atoms with Crippen molar-refractivity contribution < 1.29 is 14.3 Å². The zero-order valence-electron chi connectivity index (χ0n) is 14.9. The molecule has 0 aliphatic rings. The molecule has 0 bridgehead atoms. The third-order valence-corrected chi connectivity index (χ3v) is 3.80. The van der Waals surface area contributed by atoms with Gasteiger partial charge in [0.15, 0.2) is 6.61 Å². The molecular weight excluding hydrogens is 340 g/mol. The van der Waals surface area contributed by atoms with E-state index in [1.54, 1.807) is 24.3 Å². The fourth-order valence-corrected chi connectivity index (χ4v) is 2.60. The predicted octanol–water partition coefficient (Wildman–Crippen LogP) is 4.33. The van der Waals surface area contributed by atoms with Gasteiger partial charge in [0.05, 0.1) is 0 Å². The van der Waals surface area contributed by atoms with Crippen LogP contribution >= 0.6 is 0 Å². The molecule has 0 heterocycles. The summed E-state index contributed by atoms with van der Waals surface area (Å²) in [7, 11) is 0. The van der Waals surface area contributed by atoms with Crippen molar-refractivity contribution in [3.63, 3.8) is 0 Å². The molecule has 5 nitrogen and oxygen atoms in total. The third-order valence-electron chi connectivity index (χ3n) is 3.80. The van der Waals surface area contributed by atoms with Gasteiger partial charge in [0.2, 0.25) is 5.91 Å². The van der Waals surface area contributed by atoms with E-state index in [1.807, 2.05) is 54.6 Å². The van der Waals surface area contributed by atoms with Gasteiger partial charge in [-0.05, 0) is 41.5 Å². The molecule has 0 aliphatic heterocycles. The van der Waals surface area contributed by atoms with E-state index >= 15 is 0 Å². The maximum absolute atomic E-state index is 12.1. The SMILES string of the molecule is CC(=O)Nc1cccc(NC(=O)COc2ccc(-c3ccccc3)cc2)c1. The average molecular weight is 360 g/mol. The van der Waals surface area contributed by atoms with E-state index in [-0.39, 0.29) is 18.4 Å². The summed E-state index contributed by atoms with van der Waals surface area (Å²) in [5.74, 6) is 0.180. The van der Waals surface area contributed by atoms with Gasteiger partial charge in [-0.3, -0.25) is 9.59 Å². The number of hydrogen-bond donors (Lipinski definition) is 2. The van der Waals surface area contributed by atoms with Crippen LogP contribution in [0.5, 0.6) is 5.75 Å². The molecule has 0 radical (unpaired) electrons. The molecule has 0 spiro atoms. The summed E-state index contributed by atoms with van der Waals surface area (Å²) in [6, 6.07) is 24.6. The van der Waals surface area contributed by atoms with E-state index in [1.165, 1.54) is 6.92 Å². The third kappa shape index (κ3) is 5.44. The Morgan fingerprint density at radius 3 is 2.07 bits per heavy atom. The summed E-state index contributed by atoms with van der Waals surface area (Å²) in [5.41, 5.74) is 3.43. The van der Waals surface area contributed by atoms with Crippen LogP contribution in [0, 0.1) is 0 Å². The van der Waals surface area contributed by atoms with Crippen molar-refractivity contribution in [3.8, 4) is 16.9 Å². The average Bonchev–Trinajstić information content (AvgIpc) is 2.67. The molecule has 0 saturated heterocycles. The van der Waals surface area contributed by atoms with Crippen LogP contribution in [0.2, 0.25) is 0 Å². The minimum Gasteiger partial charge on any atom is -0.484 e. The van der Waals surface area contributed by atoms with E-state index in [2.05, 4.69) is 10.6 Å². The first-order chi connectivity index (χ1) is 13.1. The Balaban J connectivity index is 1.54. The Labute approximate surface area is 158 Å². The molecule has 27 heavy (non-hydrogen) atoms. The number of ether oxygens (including phenoxy) is 1. The normalized spacial score (nSPS) is 10.1. The lowest BCUT2D eigenvalue weighted by Gasteiger charge is -2.09. The van der Waals surface area contributed by atoms with Crippen LogP contribution in [0.25, 0.3) is 11.1 Å². The van der Waals surface area contributed by atoms with Gasteiger partial charge in [-0.1, -0.05) is 48.5 Å². The van der Waals surface area contributed by atoms with Crippen LogP contribution in [-0.2, 0) is 9.59 Å². The number of carbonyl (C=O) groups excluding carboxylic acids is 2. The second kappa shape index (κ2) is 8.67. The highest BCUT2D eigenvalue weighted by Crippen LogP contribution is 2.22. The standard InChI is InChI=1S/C22H20N2O3/c1-16(25)23-19-8-5-9-20(14-19)24-22(26)15-27-21-12-10-18(11-13-21)17-6-3-2-4-7-17/h2-14H,15H2,1H3,(H,23,25)(H,24,26). The maximum atomic E-state index is 12.1. The first kappa shape index (κ1) is 18.2. The minimum atomic E-state index is -0.276. The summed E-state index contributed by atoms with van der Waals surface area (Å²) < 4.78 is 5.54. The van der Waals surface area contributed by atoms with E-state index < -0.39 is 0 Å². The van der Waals surface area contributed by atoms with Gasteiger partial charge in [-0.15, -0.1) is 0 Å².